The first-order chi connectivity index (χ1) is 10.5. The molecule has 4 fully saturated rings. The van der Waals surface area contributed by atoms with Crippen molar-refractivity contribution in [3.63, 3.8) is 0 Å². The number of epoxide rings is 1. The number of hydrogen-bond acceptors (Lipinski definition) is 3. The van der Waals surface area contributed by atoms with E-state index in [9.17, 15) is 9.59 Å². The largest absolute Gasteiger partial charge is 0.360 e. The molecule has 0 N–H and O–H groups in total. The van der Waals surface area contributed by atoms with Crippen molar-refractivity contribution >= 4 is 11.6 Å². The predicted molar refractivity (Wildman–Crippen MR) is 81.1 cm³/mol. The second kappa shape index (κ2) is 3.92. The summed E-state index contributed by atoms with van der Waals surface area (Å²) in [5.41, 5.74) is 1.33. The minimum atomic E-state index is -0.161. The molecule has 5 rings (SSSR count). The van der Waals surface area contributed by atoms with Crippen LogP contribution < -0.4 is 0 Å². The molecule has 7 atom stereocenters. The maximum Gasteiger partial charge on any atom is 0.187 e. The SMILES string of the molecule is C[C@]12CC[C@H]3[C@@H](CCC4=CC(=O)C5OC5[C@@]43C)[C@@H]1CCC2=O. The molecule has 0 amide bonds. The summed E-state index contributed by atoms with van der Waals surface area (Å²) < 4.78 is 5.80. The Bertz CT molecular complexity index is 620. The lowest BCUT2D eigenvalue weighted by Gasteiger charge is -2.56. The van der Waals surface area contributed by atoms with Gasteiger partial charge in [0.25, 0.3) is 0 Å². The van der Waals surface area contributed by atoms with Gasteiger partial charge in [-0.15, -0.1) is 0 Å². The third kappa shape index (κ3) is 1.38. The molecule has 4 aliphatic carbocycles. The highest BCUT2D eigenvalue weighted by atomic mass is 16.6. The molecular weight excluding hydrogens is 276 g/mol. The van der Waals surface area contributed by atoms with Crippen molar-refractivity contribution in [2.75, 3.05) is 0 Å². The van der Waals surface area contributed by atoms with E-state index in [-0.39, 0.29) is 28.8 Å². The van der Waals surface area contributed by atoms with Gasteiger partial charge < -0.3 is 4.74 Å². The summed E-state index contributed by atoms with van der Waals surface area (Å²) in [7, 11) is 0. The molecule has 1 aliphatic heterocycles. The first-order valence-electron chi connectivity index (χ1n) is 8.90. The first-order valence-corrected chi connectivity index (χ1v) is 8.90. The van der Waals surface area contributed by atoms with Crippen LogP contribution >= 0.6 is 0 Å². The topological polar surface area (TPSA) is 46.7 Å². The van der Waals surface area contributed by atoms with Gasteiger partial charge >= 0.3 is 0 Å². The third-order valence-corrected chi connectivity index (χ3v) is 8.03. The average molecular weight is 300 g/mol. The number of ketones is 2. The zero-order chi connectivity index (χ0) is 15.3. The van der Waals surface area contributed by atoms with Gasteiger partial charge in [-0.3, -0.25) is 9.59 Å². The average Bonchev–Trinajstić information content (AvgIpc) is 3.24. The maximum atomic E-state index is 12.4. The Morgan fingerprint density at radius 2 is 1.91 bits per heavy atom. The van der Waals surface area contributed by atoms with E-state index in [2.05, 4.69) is 13.8 Å². The van der Waals surface area contributed by atoms with Crippen molar-refractivity contribution in [1.82, 2.24) is 0 Å². The zero-order valence-corrected chi connectivity index (χ0v) is 13.4. The molecule has 5 aliphatic rings. The van der Waals surface area contributed by atoms with Gasteiger partial charge in [0.15, 0.2) is 5.78 Å². The lowest BCUT2D eigenvalue weighted by molar-refractivity contribution is -0.132. The Balaban J connectivity index is 1.56. The van der Waals surface area contributed by atoms with Crippen molar-refractivity contribution in [2.45, 2.75) is 64.6 Å². The van der Waals surface area contributed by atoms with Crippen molar-refractivity contribution in [2.24, 2.45) is 28.6 Å². The first kappa shape index (κ1) is 13.5. The van der Waals surface area contributed by atoms with E-state index in [1.165, 1.54) is 5.57 Å². The van der Waals surface area contributed by atoms with Gasteiger partial charge in [-0.25, -0.2) is 0 Å². The molecule has 3 nitrogen and oxygen atoms in total. The van der Waals surface area contributed by atoms with E-state index in [0.717, 1.165) is 38.5 Å². The third-order valence-electron chi connectivity index (χ3n) is 8.03. The fourth-order valence-electron chi connectivity index (χ4n) is 6.70. The summed E-state index contributed by atoms with van der Waals surface area (Å²) in [6.07, 6.45) is 8.06. The van der Waals surface area contributed by atoms with Gasteiger partial charge in [-0.2, -0.15) is 0 Å². The lowest BCUT2D eigenvalue weighted by Crippen LogP contribution is -2.53. The molecule has 0 aromatic heterocycles. The number of carbonyl (C=O) groups excluding carboxylic acids is 2. The molecule has 2 unspecified atom stereocenters. The van der Waals surface area contributed by atoms with E-state index >= 15 is 0 Å². The maximum absolute atomic E-state index is 12.4. The highest BCUT2D eigenvalue weighted by molar-refractivity contribution is 5.98. The van der Waals surface area contributed by atoms with Crippen LogP contribution in [-0.2, 0) is 14.3 Å². The summed E-state index contributed by atoms with van der Waals surface area (Å²) in [4.78, 5) is 24.4. The molecule has 22 heavy (non-hydrogen) atoms. The zero-order valence-electron chi connectivity index (χ0n) is 13.4. The minimum Gasteiger partial charge on any atom is -0.360 e. The Morgan fingerprint density at radius 3 is 2.73 bits per heavy atom. The number of hydrogen-bond donors (Lipinski definition) is 0. The van der Waals surface area contributed by atoms with E-state index in [1.54, 1.807) is 0 Å². The number of fused-ring (bicyclic) bond motifs is 7. The van der Waals surface area contributed by atoms with Gasteiger partial charge in [0.05, 0.1) is 0 Å². The Hall–Kier alpha value is -0.960. The van der Waals surface area contributed by atoms with Crippen LogP contribution in [0.4, 0.5) is 0 Å². The molecule has 0 radical (unpaired) electrons. The van der Waals surface area contributed by atoms with Crippen LogP contribution in [0.2, 0.25) is 0 Å². The van der Waals surface area contributed by atoms with E-state index in [4.69, 9.17) is 4.74 Å². The summed E-state index contributed by atoms with van der Waals surface area (Å²) in [5.74, 6) is 2.49. The molecular formula is C19H24O3. The molecule has 3 saturated carbocycles. The van der Waals surface area contributed by atoms with Gasteiger partial charge in [-0.1, -0.05) is 19.4 Å². The Morgan fingerprint density at radius 1 is 1.09 bits per heavy atom. The highest BCUT2D eigenvalue weighted by Crippen LogP contribution is 2.66. The van der Waals surface area contributed by atoms with Crippen LogP contribution in [0, 0.1) is 28.6 Å². The van der Waals surface area contributed by atoms with Crippen molar-refractivity contribution in [3.8, 4) is 0 Å². The minimum absolute atomic E-state index is 0.0501. The number of Topliss-reactive ketones (excluding diaryl/α,β-unsaturated/α-hetero) is 1. The summed E-state index contributed by atoms with van der Waals surface area (Å²) in [6, 6.07) is 0. The molecule has 0 aromatic rings. The monoisotopic (exact) mass is 300 g/mol. The second-order valence-electron chi connectivity index (χ2n) is 8.67. The van der Waals surface area contributed by atoms with Crippen LogP contribution in [-0.4, -0.2) is 23.8 Å². The van der Waals surface area contributed by atoms with Gasteiger partial charge in [-0.05, 0) is 55.9 Å². The quantitative estimate of drug-likeness (QED) is 0.646. The Labute approximate surface area is 131 Å². The fraction of sp³-hybridized carbons (Fsp3) is 0.789. The normalized spacial score (nSPS) is 55.7. The molecule has 3 heteroatoms. The highest BCUT2D eigenvalue weighted by Gasteiger charge is 2.67. The molecule has 0 aromatic carbocycles. The van der Waals surface area contributed by atoms with Gasteiger partial charge in [0, 0.05) is 17.3 Å². The van der Waals surface area contributed by atoms with E-state index in [0.29, 0.717) is 23.5 Å². The number of ether oxygens (including phenoxy) is 1. The van der Waals surface area contributed by atoms with Crippen LogP contribution in [0.15, 0.2) is 11.6 Å². The number of carbonyl (C=O) groups is 2. The predicted octanol–water partition coefficient (Wildman–Crippen LogP) is 3.07. The van der Waals surface area contributed by atoms with E-state index in [1.807, 2.05) is 6.08 Å². The molecule has 0 bridgehead atoms. The van der Waals surface area contributed by atoms with Crippen molar-refractivity contribution in [3.05, 3.63) is 11.6 Å². The molecule has 1 saturated heterocycles. The van der Waals surface area contributed by atoms with E-state index < -0.39 is 0 Å². The van der Waals surface area contributed by atoms with Crippen LogP contribution in [0.1, 0.15) is 52.4 Å². The molecule has 1 heterocycles. The summed E-state index contributed by atoms with van der Waals surface area (Å²) >= 11 is 0. The van der Waals surface area contributed by atoms with Gasteiger partial charge in [0.1, 0.15) is 18.0 Å². The molecule has 0 spiro atoms. The summed E-state index contributed by atoms with van der Waals surface area (Å²) in [5, 5.41) is 0. The molecule has 118 valence electrons. The summed E-state index contributed by atoms with van der Waals surface area (Å²) in [6.45, 7) is 4.56. The van der Waals surface area contributed by atoms with Crippen molar-refractivity contribution < 1.29 is 14.3 Å². The van der Waals surface area contributed by atoms with Crippen LogP contribution in [0.5, 0.6) is 0 Å². The number of rotatable bonds is 0. The second-order valence-corrected chi connectivity index (χ2v) is 8.67. The lowest BCUT2D eigenvalue weighted by atomic mass is 9.47. The van der Waals surface area contributed by atoms with Crippen LogP contribution in [0.25, 0.3) is 0 Å². The van der Waals surface area contributed by atoms with Crippen molar-refractivity contribution in [1.29, 1.82) is 0 Å². The van der Waals surface area contributed by atoms with Gasteiger partial charge in [0.2, 0.25) is 0 Å². The van der Waals surface area contributed by atoms with Crippen LogP contribution in [0.3, 0.4) is 0 Å². The Kier molecular flexibility index (Phi) is 2.40. The fourth-order valence-corrected chi connectivity index (χ4v) is 6.70. The standard InChI is InChI=1S/C19H24O3/c1-18-8-7-13-11(12(18)5-6-15(18)21)4-3-10-9-14(20)16-17(22-16)19(10,13)2/h9,11-13,16-17H,3-8H2,1-2H3/t11-,12-,13-,16?,17?,18-,19-/m0/s1. The smallest absolute Gasteiger partial charge is 0.187 e.